The van der Waals surface area contributed by atoms with Gasteiger partial charge in [0.2, 0.25) is 0 Å². The number of amidine groups is 1. The summed E-state index contributed by atoms with van der Waals surface area (Å²) in [6.45, 7) is 4.50. The third-order valence-corrected chi connectivity index (χ3v) is 3.13. The van der Waals surface area contributed by atoms with Crippen LogP contribution in [0.1, 0.15) is 12.6 Å². The summed E-state index contributed by atoms with van der Waals surface area (Å²) in [6.07, 6.45) is 0. The number of rotatable bonds is 1. The van der Waals surface area contributed by atoms with Crippen LogP contribution in [0, 0.1) is 0 Å². The Morgan fingerprint density at radius 2 is 1.94 bits per heavy atom. The summed E-state index contributed by atoms with van der Waals surface area (Å²) >= 11 is 0. The Hall–Kier alpha value is -2.17. The standard InChI is InChI=1S/C13H15N5/c1-2-18-8-7-15-12(14)11-13(18)17-10-6-4-3-5-9(10)16-11/h3-6H,2,7-8H2,1H3,(H2,14,15). The van der Waals surface area contributed by atoms with E-state index >= 15 is 0 Å². The van der Waals surface area contributed by atoms with Crippen molar-refractivity contribution in [2.24, 2.45) is 10.7 Å². The van der Waals surface area contributed by atoms with E-state index in [1.54, 1.807) is 0 Å². The van der Waals surface area contributed by atoms with Gasteiger partial charge in [0.25, 0.3) is 0 Å². The minimum atomic E-state index is 0.485. The quantitative estimate of drug-likeness (QED) is 0.814. The molecule has 0 spiro atoms. The molecule has 0 aliphatic carbocycles. The number of aromatic nitrogens is 2. The van der Waals surface area contributed by atoms with E-state index in [1.165, 1.54) is 0 Å². The van der Waals surface area contributed by atoms with Crippen LogP contribution in [0.15, 0.2) is 29.3 Å². The van der Waals surface area contributed by atoms with Crippen molar-refractivity contribution in [3.05, 3.63) is 30.0 Å². The number of hydrogen-bond donors (Lipinski definition) is 1. The Kier molecular flexibility index (Phi) is 2.59. The van der Waals surface area contributed by atoms with Crippen molar-refractivity contribution in [1.82, 2.24) is 9.97 Å². The van der Waals surface area contributed by atoms with Crippen molar-refractivity contribution in [3.63, 3.8) is 0 Å². The van der Waals surface area contributed by atoms with Crippen molar-refractivity contribution in [3.8, 4) is 0 Å². The summed E-state index contributed by atoms with van der Waals surface area (Å²) in [5.41, 5.74) is 8.42. The maximum atomic E-state index is 5.98. The second-order valence-corrected chi connectivity index (χ2v) is 4.23. The van der Waals surface area contributed by atoms with Gasteiger partial charge >= 0.3 is 0 Å². The summed E-state index contributed by atoms with van der Waals surface area (Å²) in [4.78, 5) is 15.8. The van der Waals surface area contributed by atoms with E-state index in [2.05, 4.69) is 26.8 Å². The maximum absolute atomic E-state index is 5.98. The van der Waals surface area contributed by atoms with Crippen LogP contribution in [0.25, 0.3) is 11.0 Å². The van der Waals surface area contributed by atoms with Crippen molar-refractivity contribution < 1.29 is 0 Å². The fraction of sp³-hybridized carbons (Fsp3) is 0.308. The van der Waals surface area contributed by atoms with Gasteiger partial charge in [-0.15, -0.1) is 0 Å². The molecule has 2 aromatic rings. The van der Waals surface area contributed by atoms with Gasteiger partial charge < -0.3 is 10.6 Å². The first-order chi connectivity index (χ1) is 8.79. The Bertz CT molecular complexity index is 620. The number of nitrogens with two attached hydrogens (primary N) is 1. The number of nitrogens with zero attached hydrogens (tertiary/aromatic N) is 4. The summed E-state index contributed by atoms with van der Waals surface area (Å²) in [5.74, 6) is 1.33. The van der Waals surface area contributed by atoms with Gasteiger partial charge in [0.15, 0.2) is 5.82 Å². The lowest BCUT2D eigenvalue weighted by atomic mass is 10.2. The third-order valence-electron chi connectivity index (χ3n) is 3.13. The van der Waals surface area contributed by atoms with Crippen molar-refractivity contribution in [1.29, 1.82) is 0 Å². The molecule has 5 heteroatoms. The average molecular weight is 241 g/mol. The van der Waals surface area contributed by atoms with E-state index in [1.807, 2.05) is 24.3 Å². The molecule has 0 amide bonds. The second kappa shape index (κ2) is 4.25. The molecule has 1 aromatic heterocycles. The van der Waals surface area contributed by atoms with Crippen molar-refractivity contribution in [2.75, 3.05) is 24.5 Å². The molecule has 0 radical (unpaired) electrons. The average Bonchev–Trinajstić information content (AvgIpc) is 2.56. The normalized spacial score (nSPS) is 15.2. The van der Waals surface area contributed by atoms with E-state index in [0.717, 1.165) is 29.9 Å². The van der Waals surface area contributed by atoms with E-state index < -0.39 is 0 Å². The highest BCUT2D eigenvalue weighted by molar-refractivity contribution is 6.02. The number of benzene rings is 1. The van der Waals surface area contributed by atoms with Crippen molar-refractivity contribution in [2.45, 2.75) is 6.92 Å². The van der Waals surface area contributed by atoms with Crippen LogP contribution in [0.2, 0.25) is 0 Å². The molecule has 0 bridgehead atoms. The Morgan fingerprint density at radius 1 is 1.22 bits per heavy atom. The fourth-order valence-corrected chi connectivity index (χ4v) is 2.16. The van der Waals surface area contributed by atoms with E-state index in [-0.39, 0.29) is 0 Å². The lowest BCUT2D eigenvalue weighted by molar-refractivity contribution is 0.810. The number of likely N-dealkylation sites (N-methyl/N-ethyl adjacent to an activating group) is 1. The smallest absolute Gasteiger partial charge is 0.159 e. The van der Waals surface area contributed by atoms with Crippen LogP contribution in [-0.2, 0) is 0 Å². The van der Waals surface area contributed by atoms with Gasteiger partial charge in [0, 0.05) is 13.1 Å². The molecule has 0 atom stereocenters. The van der Waals surface area contributed by atoms with Gasteiger partial charge in [-0.05, 0) is 19.1 Å². The Morgan fingerprint density at radius 3 is 2.67 bits per heavy atom. The van der Waals surface area contributed by atoms with Crippen LogP contribution >= 0.6 is 0 Å². The van der Waals surface area contributed by atoms with Gasteiger partial charge in [-0.2, -0.15) is 0 Å². The summed E-state index contributed by atoms with van der Waals surface area (Å²) in [6, 6.07) is 7.82. The van der Waals surface area contributed by atoms with Gasteiger partial charge in [-0.3, -0.25) is 4.99 Å². The molecule has 92 valence electrons. The molecular weight excluding hydrogens is 226 g/mol. The number of fused-ring (bicyclic) bond motifs is 2. The zero-order valence-corrected chi connectivity index (χ0v) is 10.3. The zero-order chi connectivity index (χ0) is 12.5. The molecule has 2 N–H and O–H groups in total. The molecule has 0 saturated heterocycles. The highest BCUT2D eigenvalue weighted by atomic mass is 15.2. The molecular formula is C13H15N5. The molecule has 1 aromatic carbocycles. The van der Waals surface area contributed by atoms with Crippen molar-refractivity contribution >= 4 is 22.7 Å². The van der Waals surface area contributed by atoms with Crippen LogP contribution in [0.3, 0.4) is 0 Å². The molecule has 1 aliphatic heterocycles. The van der Waals surface area contributed by atoms with E-state index in [0.29, 0.717) is 18.1 Å². The highest BCUT2D eigenvalue weighted by Crippen LogP contribution is 2.21. The van der Waals surface area contributed by atoms with E-state index in [4.69, 9.17) is 5.73 Å². The molecule has 0 unspecified atom stereocenters. The number of hydrogen-bond acceptors (Lipinski definition) is 5. The number of para-hydroxylation sites is 2. The molecule has 1 aliphatic rings. The van der Waals surface area contributed by atoms with Crippen LogP contribution in [0.5, 0.6) is 0 Å². The monoisotopic (exact) mass is 241 g/mol. The van der Waals surface area contributed by atoms with Gasteiger partial charge in [-0.25, -0.2) is 9.97 Å². The first-order valence-electron chi connectivity index (χ1n) is 6.11. The fourth-order valence-electron chi connectivity index (χ4n) is 2.16. The van der Waals surface area contributed by atoms with Crippen LogP contribution in [0.4, 0.5) is 5.82 Å². The molecule has 18 heavy (non-hydrogen) atoms. The molecule has 0 saturated carbocycles. The second-order valence-electron chi connectivity index (χ2n) is 4.23. The van der Waals surface area contributed by atoms with Crippen LogP contribution < -0.4 is 10.6 Å². The van der Waals surface area contributed by atoms with Gasteiger partial charge in [0.05, 0.1) is 17.6 Å². The predicted molar refractivity (Wildman–Crippen MR) is 73.0 cm³/mol. The summed E-state index contributed by atoms with van der Waals surface area (Å²) in [7, 11) is 0. The SMILES string of the molecule is CCN1CCN=C(N)c2nc3ccccc3nc21. The lowest BCUT2D eigenvalue weighted by Crippen LogP contribution is -2.27. The topological polar surface area (TPSA) is 67.4 Å². The number of aliphatic imine (C=N–C) groups is 1. The lowest BCUT2D eigenvalue weighted by Gasteiger charge is -2.21. The molecule has 3 rings (SSSR count). The first-order valence-corrected chi connectivity index (χ1v) is 6.11. The predicted octanol–water partition coefficient (Wildman–Crippen LogP) is 1.17. The Balaban J connectivity index is 2.28. The molecule has 5 nitrogen and oxygen atoms in total. The Labute approximate surface area is 105 Å². The third kappa shape index (κ3) is 1.68. The van der Waals surface area contributed by atoms with Gasteiger partial charge in [-0.1, -0.05) is 12.1 Å². The maximum Gasteiger partial charge on any atom is 0.159 e. The molecule has 0 fully saturated rings. The van der Waals surface area contributed by atoms with E-state index in [9.17, 15) is 0 Å². The van der Waals surface area contributed by atoms with Crippen LogP contribution in [-0.4, -0.2) is 35.4 Å². The summed E-state index contributed by atoms with van der Waals surface area (Å²) in [5, 5.41) is 0. The largest absolute Gasteiger partial charge is 0.382 e. The minimum absolute atomic E-state index is 0.485. The minimum Gasteiger partial charge on any atom is -0.382 e. The number of anilines is 1. The highest BCUT2D eigenvalue weighted by Gasteiger charge is 2.19. The summed E-state index contributed by atoms with van der Waals surface area (Å²) < 4.78 is 0. The van der Waals surface area contributed by atoms with Gasteiger partial charge in [0.1, 0.15) is 11.5 Å². The zero-order valence-electron chi connectivity index (χ0n) is 10.3. The molecule has 2 heterocycles. The first kappa shape index (κ1) is 11.0.